The average Bonchev–Trinajstić information content (AvgIpc) is 2.78. The normalized spacial score (nSPS) is 11.9. The Labute approximate surface area is 102 Å². The Morgan fingerprint density at radius 3 is 2.60 bits per heavy atom. The molecule has 1 nitrogen and oxygen atoms in total. The summed E-state index contributed by atoms with van der Waals surface area (Å²) < 4.78 is 5.78. The van der Waals surface area contributed by atoms with Crippen molar-refractivity contribution in [3.05, 3.63) is 22.4 Å². The second kappa shape index (κ2) is 6.56. The van der Waals surface area contributed by atoms with Crippen molar-refractivity contribution in [2.75, 3.05) is 12.4 Å². The number of hydrogen-bond donors (Lipinski definition) is 1. The smallest absolute Gasteiger partial charge is 0.0809 e. The Bertz CT molecular complexity index is 244. The summed E-state index contributed by atoms with van der Waals surface area (Å²) in [7, 11) is 0. The third kappa shape index (κ3) is 3.82. The van der Waals surface area contributed by atoms with Gasteiger partial charge in [-0.15, -0.1) is 11.3 Å². The van der Waals surface area contributed by atoms with E-state index in [-0.39, 0.29) is 5.41 Å². The Balaban J connectivity index is 2.34. The highest BCUT2D eigenvalue weighted by molar-refractivity contribution is 7.80. The van der Waals surface area contributed by atoms with Crippen LogP contribution < -0.4 is 0 Å². The maximum absolute atomic E-state index is 5.78. The molecule has 0 saturated carbocycles. The summed E-state index contributed by atoms with van der Waals surface area (Å²) in [6.07, 6.45) is 2.27. The molecule has 0 N–H and O–H groups in total. The third-order valence-corrected chi connectivity index (χ3v) is 4.59. The summed E-state index contributed by atoms with van der Waals surface area (Å²) in [5.41, 5.74) is 0.264. The molecule has 15 heavy (non-hydrogen) atoms. The first-order valence-corrected chi connectivity index (χ1v) is 6.98. The van der Waals surface area contributed by atoms with Crippen molar-refractivity contribution in [2.24, 2.45) is 5.41 Å². The first-order valence-electron chi connectivity index (χ1n) is 5.47. The molecule has 3 heteroatoms. The van der Waals surface area contributed by atoms with Crippen LogP contribution in [0.1, 0.15) is 31.6 Å². The predicted octanol–water partition coefficient (Wildman–Crippen LogP) is 4.00. The first-order chi connectivity index (χ1) is 7.26. The lowest BCUT2D eigenvalue weighted by Crippen LogP contribution is -2.27. The zero-order chi connectivity index (χ0) is 11.1. The van der Waals surface area contributed by atoms with Gasteiger partial charge in [-0.05, 0) is 30.0 Å². The fourth-order valence-electron chi connectivity index (χ4n) is 1.49. The van der Waals surface area contributed by atoms with Gasteiger partial charge in [0.1, 0.15) is 0 Å². The van der Waals surface area contributed by atoms with E-state index in [1.165, 1.54) is 4.88 Å². The van der Waals surface area contributed by atoms with Gasteiger partial charge in [-0.25, -0.2) is 0 Å². The highest BCUT2D eigenvalue weighted by atomic mass is 32.1. The molecule has 1 aromatic rings. The van der Waals surface area contributed by atoms with Gasteiger partial charge in [0.2, 0.25) is 0 Å². The molecular weight excluding hydrogens is 224 g/mol. The van der Waals surface area contributed by atoms with E-state index < -0.39 is 0 Å². The summed E-state index contributed by atoms with van der Waals surface area (Å²) in [6, 6.07) is 4.18. The average molecular weight is 244 g/mol. The molecule has 0 aliphatic rings. The fraction of sp³-hybridized carbons (Fsp3) is 0.667. The largest absolute Gasteiger partial charge is 0.375 e. The number of ether oxygens (including phenoxy) is 1. The number of thiol groups is 1. The Morgan fingerprint density at radius 2 is 2.13 bits per heavy atom. The van der Waals surface area contributed by atoms with Crippen molar-refractivity contribution >= 4 is 24.0 Å². The van der Waals surface area contributed by atoms with Crippen molar-refractivity contribution < 1.29 is 4.74 Å². The second-order valence-electron chi connectivity index (χ2n) is 3.94. The van der Waals surface area contributed by atoms with Crippen LogP contribution in [-0.2, 0) is 11.3 Å². The van der Waals surface area contributed by atoms with Gasteiger partial charge in [0.15, 0.2) is 0 Å². The summed E-state index contributed by atoms with van der Waals surface area (Å²) in [5.74, 6) is 0.907. The maximum Gasteiger partial charge on any atom is 0.0809 e. The molecule has 0 amide bonds. The zero-order valence-corrected chi connectivity index (χ0v) is 11.2. The van der Waals surface area contributed by atoms with E-state index in [9.17, 15) is 0 Å². The fourth-order valence-corrected chi connectivity index (χ4v) is 2.67. The number of hydrogen-bond acceptors (Lipinski definition) is 3. The van der Waals surface area contributed by atoms with Crippen LogP contribution in [0.4, 0.5) is 0 Å². The van der Waals surface area contributed by atoms with Crippen LogP contribution in [0.3, 0.4) is 0 Å². The van der Waals surface area contributed by atoms with Gasteiger partial charge in [-0.3, -0.25) is 0 Å². The Kier molecular flexibility index (Phi) is 5.72. The van der Waals surface area contributed by atoms with Crippen molar-refractivity contribution in [2.45, 2.75) is 33.3 Å². The Morgan fingerprint density at radius 1 is 1.40 bits per heavy atom. The molecular formula is C12H20OS2. The first kappa shape index (κ1) is 13.1. The number of thiophene rings is 1. The molecule has 86 valence electrons. The highest BCUT2D eigenvalue weighted by Crippen LogP contribution is 2.28. The molecule has 0 aliphatic heterocycles. The summed E-state index contributed by atoms with van der Waals surface area (Å²) in [6.45, 7) is 6.00. The second-order valence-corrected chi connectivity index (χ2v) is 5.29. The van der Waals surface area contributed by atoms with Crippen LogP contribution in [0.2, 0.25) is 0 Å². The zero-order valence-electron chi connectivity index (χ0n) is 9.53. The summed E-state index contributed by atoms with van der Waals surface area (Å²) >= 11 is 6.18. The van der Waals surface area contributed by atoms with E-state index in [0.29, 0.717) is 0 Å². The minimum Gasteiger partial charge on any atom is -0.375 e. The lowest BCUT2D eigenvalue weighted by Gasteiger charge is -2.29. The van der Waals surface area contributed by atoms with Gasteiger partial charge in [0.05, 0.1) is 13.2 Å². The predicted molar refractivity (Wildman–Crippen MR) is 70.8 cm³/mol. The molecule has 0 bridgehead atoms. The minimum absolute atomic E-state index is 0.264. The Hall–Kier alpha value is 0.01000. The molecule has 1 aromatic heterocycles. The van der Waals surface area contributed by atoms with Gasteiger partial charge >= 0.3 is 0 Å². The van der Waals surface area contributed by atoms with Crippen LogP contribution in [0.5, 0.6) is 0 Å². The SMILES string of the molecule is CCC(CC)(CS)COCc1cccs1. The minimum atomic E-state index is 0.264. The quantitative estimate of drug-likeness (QED) is 0.713. The third-order valence-electron chi connectivity index (χ3n) is 3.07. The number of rotatable bonds is 7. The van der Waals surface area contributed by atoms with Gasteiger partial charge in [-0.2, -0.15) is 12.6 Å². The van der Waals surface area contributed by atoms with Crippen LogP contribution in [0.15, 0.2) is 17.5 Å². The van der Waals surface area contributed by atoms with Gasteiger partial charge in [0.25, 0.3) is 0 Å². The van der Waals surface area contributed by atoms with Gasteiger partial charge in [-0.1, -0.05) is 19.9 Å². The van der Waals surface area contributed by atoms with Crippen LogP contribution in [0.25, 0.3) is 0 Å². The van der Waals surface area contributed by atoms with Gasteiger partial charge < -0.3 is 4.74 Å². The molecule has 0 fully saturated rings. The van der Waals surface area contributed by atoms with Crippen LogP contribution >= 0.6 is 24.0 Å². The van der Waals surface area contributed by atoms with E-state index in [4.69, 9.17) is 4.74 Å². The molecule has 1 heterocycles. The maximum atomic E-state index is 5.78. The van der Waals surface area contributed by atoms with E-state index in [1.807, 2.05) is 0 Å². The van der Waals surface area contributed by atoms with E-state index in [2.05, 4.69) is 44.0 Å². The van der Waals surface area contributed by atoms with Crippen molar-refractivity contribution in [1.82, 2.24) is 0 Å². The summed E-state index contributed by atoms with van der Waals surface area (Å²) in [5, 5.41) is 2.09. The standard InChI is InChI=1S/C12H20OS2/c1-3-12(4-2,10-14)9-13-8-11-6-5-7-15-11/h5-7,14H,3-4,8-10H2,1-2H3. The molecule has 0 unspecified atom stereocenters. The van der Waals surface area contributed by atoms with Crippen LogP contribution in [-0.4, -0.2) is 12.4 Å². The van der Waals surface area contributed by atoms with Crippen molar-refractivity contribution in [3.8, 4) is 0 Å². The molecule has 0 aromatic carbocycles. The molecule has 0 saturated heterocycles. The van der Waals surface area contributed by atoms with Gasteiger partial charge in [0, 0.05) is 10.3 Å². The van der Waals surface area contributed by atoms with E-state index in [0.717, 1.165) is 31.8 Å². The lowest BCUT2D eigenvalue weighted by molar-refractivity contribution is 0.0421. The van der Waals surface area contributed by atoms with Crippen molar-refractivity contribution in [1.29, 1.82) is 0 Å². The molecule has 0 spiro atoms. The lowest BCUT2D eigenvalue weighted by atomic mass is 9.85. The molecule has 0 aliphatic carbocycles. The van der Waals surface area contributed by atoms with Crippen molar-refractivity contribution in [3.63, 3.8) is 0 Å². The molecule has 0 radical (unpaired) electrons. The monoisotopic (exact) mass is 244 g/mol. The summed E-state index contributed by atoms with van der Waals surface area (Å²) in [4.78, 5) is 1.30. The van der Waals surface area contributed by atoms with E-state index >= 15 is 0 Å². The van der Waals surface area contributed by atoms with Crippen LogP contribution in [0, 0.1) is 5.41 Å². The molecule has 1 rings (SSSR count). The topological polar surface area (TPSA) is 9.23 Å². The molecule has 0 atom stereocenters. The highest BCUT2D eigenvalue weighted by Gasteiger charge is 2.24. The van der Waals surface area contributed by atoms with E-state index in [1.54, 1.807) is 11.3 Å².